The number of hydrogen-bond donors (Lipinski definition) is 1. The Morgan fingerprint density at radius 2 is 1.44 bits per heavy atom. The molecule has 1 N–H and O–H groups in total. The van der Waals surface area contributed by atoms with E-state index >= 15 is 0 Å². The monoisotopic (exact) mass is 643 g/mol. The molecule has 39 heavy (non-hydrogen) atoms. The fourth-order valence-electron chi connectivity index (χ4n) is 4.60. The number of nitrogens with one attached hydrogen (secondary N) is 1. The average Bonchev–Trinajstić information content (AvgIpc) is 3.54. The van der Waals surface area contributed by atoms with Crippen LogP contribution in [0, 0.1) is 19.4 Å². The van der Waals surface area contributed by atoms with Crippen molar-refractivity contribution >= 4 is 54.7 Å². The van der Waals surface area contributed by atoms with E-state index in [1.807, 2.05) is 6.61 Å². The van der Waals surface area contributed by atoms with E-state index in [9.17, 15) is 0 Å². The van der Waals surface area contributed by atoms with Gasteiger partial charge in [-0.05, 0) is 49.9 Å². The van der Waals surface area contributed by atoms with E-state index in [-0.39, 0.29) is 0 Å². The molecule has 0 bridgehead atoms. The molecule has 3 aromatic carbocycles. The van der Waals surface area contributed by atoms with Crippen LogP contribution in [0.1, 0.15) is 56.6 Å². The van der Waals surface area contributed by atoms with Gasteiger partial charge in [-0.2, -0.15) is 6.42 Å². The number of aryl methyl sites for hydroxylation is 1. The zero-order chi connectivity index (χ0) is 27.9. The quantitative estimate of drug-likeness (QED) is 0.130. The van der Waals surface area contributed by atoms with Crippen molar-refractivity contribution in [2.45, 2.75) is 58.4 Å². The third-order valence-corrected chi connectivity index (χ3v) is 9.06. The van der Waals surface area contributed by atoms with E-state index in [4.69, 9.17) is 39.9 Å². The van der Waals surface area contributed by atoms with Crippen molar-refractivity contribution in [1.29, 1.82) is 0 Å². The van der Waals surface area contributed by atoms with Crippen LogP contribution in [0.4, 0.5) is 0 Å². The average molecular weight is 645 g/mol. The molecule has 210 valence electrons. The maximum absolute atomic E-state index is 5.34. The summed E-state index contributed by atoms with van der Waals surface area (Å²) in [6, 6.07) is 30.9. The number of aliphatic imine (C=N–C) groups is 1. The van der Waals surface area contributed by atoms with E-state index in [1.54, 1.807) is 0 Å². The summed E-state index contributed by atoms with van der Waals surface area (Å²) in [5, 5.41) is 6.65. The minimum absolute atomic E-state index is 0.400. The molecule has 8 heteroatoms. The molecule has 0 spiro atoms. The van der Waals surface area contributed by atoms with E-state index in [1.165, 1.54) is 53.8 Å². The Kier molecular flexibility index (Phi) is 15.3. The Bertz CT molecular complexity index is 1050. The van der Waals surface area contributed by atoms with Crippen LogP contribution in [0.3, 0.4) is 0 Å². The summed E-state index contributed by atoms with van der Waals surface area (Å²) in [7, 11) is 13.6. The number of nitrogens with zero attached hydrogens (tertiary/aromatic N) is 1. The summed E-state index contributed by atoms with van der Waals surface area (Å²) in [5.74, 6) is 1.69. The van der Waals surface area contributed by atoms with E-state index in [0.717, 1.165) is 18.9 Å². The minimum atomic E-state index is -1.62. The van der Waals surface area contributed by atoms with Gasteiger partial charge in [0, 0.05) is 12.2 Å². The van der Waals surface area contributed by atoms with Gasteiger partial charge in [0.05, 0.1) is 6.04 Å². The molecule has 2 aliphatic rings. The van der Waals surface area contributed by atoms with Gasteiger partial charge in [-0.25, -0.2) is 11.7 Å². The van der Waals surface area contributed by atoms with Crippen molar-refractivity contribution in [2.24, 2.45) is 10.9 Å². The molecule has 2 atom stereocenters. The molecule has 3 aromatic rings. The number of rotatable bonds is 5. The standard InChI is InChI=1S/C27H31N2P.C4H7O.3ClH.Cr/c1-21-17-19-23(20-18-21)27(28-26-16-10-9-11-22(26)2)29-30(24-12-5-3-6-13-24)25-14-7-4-8-15-25;1-2-4-5-3-1;;;;/h3-8,12-15,17-20,22,26H,9-11,16H2,1-2H3,(H,28,29);3H,1-2,4H2;3*1H;/q;-1;;;;+4/p-2. The number of halogens is 3. The van der Waals surface area contributed by atoms with Crippen LogP contribution in [0.15, 0.2) is 89.9 Å². The van der Waals surface area contributed by atoms with Crippen molar-refractivity contribution in [2.75, 3.05) is 6.61 Å². The third kappa shape index (κ3) is 12.1. The first kappa shape index (κ1) is 32.4. The fraction of sp³-hybridized carbons (Fsp3) is 0.355. The number of benzene rings is 3. The Labute approximate surface area is 253 Å². The molecule has 0 radical (unpaired) electrons. The van der Waals surface area contributed by atoms with Crippen molar-refractivity contribution in [3.63, 3.8) is 0 Å². The van der Waals surface area contributed by atoms with Gasteiger partial charge in [-0.3, -0.25) is 4.99 Å². The molecule has 1 saturated heterocycles. The van der Waals surface area contributed by atoms with Gasteiger partial charge in [-0.15, -0.1) is 0 Å². The summed E-state index contributed by atoms with van der Waals surface area (Å²) < 4.78 is 4.82. The fourth-order valence-corrected chi connectivity index (χ4v) is 6.72. The normalized spacial score (nSPS) is 19.1. The first-order valence-electron chi connectivity index (χ1n) is 13.5. The zero-order valence-corrected chi connectivity index (χ0v) is 27.2. The Balaban J connectivity index is 0.000000400. The SMILES string of the molecule is Cc1ccc(C(=NC2CCCCC2C)N[PH+](c2ccccc2)c2ccccc2)cc1.[CH-]1CCCO1.[Cl][Cr+]([Cl])[Cl]. The summed E-state index contributed by atoms with van der Waals surface area (Å²) in [6.07, 6.45) is 7.47. The molecular formula is C31H39Cl3CrN2OP+. The van der Waals surface area contributed by atoms with Gasteiger partial charge < -0.3 is 4.74 Å². The van der Waals surface area contributed by atoms with Gasteiger partial charge in [0.25, 0.3) is 0 Å². The van der Waals surface area contributed by atoms with E-state index in [2.05, 4.69) is 104 Å². The van der Waals surface area contributed by atoms with Crippen molar-refractivity contribution < 1.29 is 16.1 Å². The summed E-state index contributed by atoms with van der Waals surface area (Å²) in [5.41, 5.74) is 2.47. The molecule has 1 aliphatic carbocycles. The molecule has 1 saturated carbocycles. The van der Waals surface area contributed by atoms with E-state index < -0.39 is 19.5 Å². The molecule has 2 fully saturated rings. The number of hydrogen-bond acceptors (Lipinski definition) is 2. The van der Waals surface area contributed by atoms with Gasteiger partial charge in [0.1, 0.15) is 10.6 Å². The second-order valence-electron chi connectivity index (χ2n) is 9.76. The molecule has 3 nitrogen and oxygen atoms in total. The molecule has 1 heterocycles. The first-order chi connectivity index (χ1) is 18.9. The summed E-state index contributed by atoms with van der Waals surface area (Å²) in [4.78, 5) is 5.34. The van der Waals surface area contributed by atoms with Gasteiger partial charge in [0.2, 0.25) is 0 Å². The van der Waals surface area contributed by atoms with E-state index in [0.29, 0.717) is 12.0 Å². The first-order valence-corrected chi connectivity index (χ1v) is 20.3. The van der Waals surface area contributed by atoms with Gasteiger partial charge >= 0.3 is 41.5 Å². The van der Waals surface area contributed by atoms with Crippen LogP contribution < -0.4 is 15.7 Å². The van der Waals surface area contributed by atoms with Gasteiger partial charge in [0.15, 0.2) is 13.9 Å². The zero-order valence-electron chi connectivity index (χ0n) is 22.7. The Hall–Kier alpha value is -1.08. The molecule has 0 amide bonds. The molecule has 5 rings (SSSR count). The maximum atomic E-state index is 5.34. The van der Waals surface area contributed by atoms with Crippen LogP contribution in [0.2, 0.25) is 0 Å². The number of ether oxygens (including phenoxy) is 1. The molecule has 1 aliphatic heterocycles. The van der Waals surface area contributed by atoms with Crippen LogP contribution in [-0.2, 0) is 16.1 Å². The van der Waals surface area contributed by atoms with Crippen LogP contribution in [-0.4, -0.2) is 18.5 Å². The third-order valence-electron chi connectivity index (χ3n) is 6.76. The second-order valence-corrected chi connectivity index (χ2v) is 18.2. The van der Waals surface area contributed by atoms with Crippen molar-refractivity contribution in [3.05, 3.63) is 103 Å². The molecule has 2 unspecified atom stereocenters. The number of amidine groups is 1. The van der Waals surface area contributed by atoms with Gasteiger partial charge in [-0.1, -0.05) is 92.4 Å². The van der Waals surface area contributed by atoms with Crippen molar-refractivity contribution in [3.8, 4) is 0 Å². The Morgan fingerprint density at radius 1 is 0.872 bits per heavy atom. The van der Waals surface area contributed by atoms with Crippen LogP contribution >= 0.6 is 38.2 Å². The van der Waals surface area contributed by atoms with Crippen LogP contribution in [0.5, 0.6) is 0 Å². The predicted octanol–water partition coefficient (Wildman–Crippen LogP) is 8.71. The summed E-state index contributed by atoms with van der Waals surface area (Å²) in [6.45, 7) is 7.31. The second kappa shape index (κ2) is 18.4. The van der Waals surface area contributed by atoms with Crippen LogP contribution in [0.25, 0.3) is 0 Å². The summed E-state index contributed by atoms with van der Waals surface area (Å²) >= 11 is -1.62. The molecular weight excluding hydrogens is 606 g/mol. The predicted molar refractivity (Wildman–Crippen MR) is 170 cm³/mol. The van der Waals surface area contributed by atoms with Crippen molar-refractivity contribution in [1.82, 2.24) is 5.09 Å². The Morgan fingerprint density at radius 3 is 1.90 bits per heavy atom. The molecule has 0 aromatic heterocycles. The topological polar surface area (TPSA) is 33.6 Å².